The minimum Gasteiger partial charge on any atom is -0.355 e. The van der Waals surface area contributed by atoms with Gasteiger partial charge in [-0.25, -0.2) is 13.1 Å². The molecule has 1 saturated heterocycles. The van der Waals surface area contributed by atoms with Gasteiger partial charge in [0.15, 0.2) is 0 Å². The number of sulfonamides is 1. The molecule has 9 heteroatoms. The fourth-order valence-electron chi connectivity index (χ4n) is 3.82. The van der Waals surface area contributed by atoms with Gasteiger partial charge in [-0.3, -0.25) is 4.79 Å². The molecule has 0 spiro atoms. The Morgan fingerprint density at radius 1 is 1.12 bits per heavy atom. The van der Waals surface area contributed by atoms with Crippen LogP contribution in [0.25, 0.3) is 5.69 Å². The van der Waals surface area contributed by atoms with Gasteiger partial charge in [-0.05, 0) is 61.2 Å². The zero-order chi connectivity index (χ0) is 22.6. The number of rotatable bonds is 7. The molecule has 1 N–H and O–H groups in total. The zero-order valence-corrected chi connectivity index (χ0v) is 19.1. The van der Waals surface area contributed by atoms with Crippen LogP contribution in [0.4, 0.5) is 0 Å². The Bertz CT molecular complexity index is 1160. The van der Waals surface area contributed by atoms with Gasteiger partial charge in [0.2, 0.25) is 15.9 Å². The Morgan fingerprint density at radius 3 is 2.62 bits per heavy atom. The Balaban J connectivity index is 1.31. The smallest absolute Gasteiger partial charge is 0.243 e. The standard InChI is InChI=1S/C23H25ClN4O3S/c24-20-8-10-22(11-9-20)32(30,31)27-14-4-5-19(17-27)23(29)25-13-12-18-15-26-28(16-18)21-6-2-1-3-7-21/h1-3,6-11,15-16,19H,4-5,12-14,17H2,(H,25,29). The van der Waals surface area contributed by atoms with Crippen LogP contribution in [-0.4, -0.2) is 48.0 Å². The van der Waals surface area contributed by atoms with E-state index in [1.54, 1.807) is 23.0 Å². The van der Waals surface area contributed by atoms with E-state index in [1.807, 2.05) is 36.5 Å². The van der Waals surface area contributed by atoms with Crippen LogP contribution >= 0.6 is 11.6 Å². The summed E-state index contributed by atoms with van der Waals surface area (Å²) in [5.41, 5.74) is 2.00. The van der Waals surface area contributed by atoms with Crippen molar-refractivity contribution < 1.29 is 13.2 Å². The molecular weight excluding hydrogens is 448 g/mol. The molecule has 168 valence electrons. The van der Waals surface area contributed by atoms with E-state index in [1.165, 1.54) is 16.4 Å². The lowest BCUT2D eigenvalue weighted by Crippen LogP contribution is -2.45. The summed E-state index contributed by atoms with van der Waals surface area (Å²) in [5.74, 6) is -0.477. The van der Waals surface area contributed by atoms with Crippen LogP contribution in [0.15, 0.2) is 71.9 Å². The summed E-state index contributed by atoms with van der Waals surface area (Å²) in [6.07, 6.45) is 5.71. The fourth-order valence-corrected chi connectivity index (χ4v) is 5.47. The second kappa shape index (κ2) is 9.85. The molecule has 0 bridgehead atoms. The average Bonchev–Trinajstić information content (AvgIpc) is 3.29. The lowest BCUT2D eigenvalue weighted by Gasteiger charge is -2.31. The highest BCUT2D eigenvalue weighted by atomic mass is 35.5. The predicted octanol–water partition coefficient (Wildman–Crippen LogP) is 3.29. The largest absolute Gasteiger partial charge is 0.355 e. The maximum atomic E-state index is 12.9. The van der Waals surface area contributed by atoms with E-state index in [0.717, 1.165) is 11.3 Å². The maximum absolute atomic E-state index is 12.9. The predicted molar refractivity (Wildman–Crippen MR) is 123 cm³/mol. The van der Waals surface area contributed by atoms with Crippen molar-refractivity contribution in [2.45, 2.75) is 24.2 Å². The minimum atomic E-state index is -3.65. The molecule has 1 amide bonds. The van der Waals surface area contributed by atoms with Crippen molar-refractivity contribution in [1.29, 1.82) is 0 Å². The van der Waals surface area contributed by atoms with Crippen molar-refractivity contribution >= 4 is 27.5 Å². The van der Waals surface area contributed by atoms with E-state index in [2.05, 4.69) is 10.4 Å². The second-order valence-electron chi connectivity index (χ2n) is 7.83. The Hall–Kier alpha value is -2.68. The highest BCUT2D eigenvalue weighted by Gasteiger charge is 2.33. The van der Waals surface area contributed by atoms with E-state index >= 15 is 0 Å². The number of para-hydroxylation sites is 1. The Morgan fingerprint density at radius 2 is 1.88 bits per heavy atom. The number of carbonyl (C=O) groups is 1. The average molecular weight is 473 g/mol. The zero-order valence-electron chi connectivity index (χ0n) is 17.5. The normalized spacial score (nSPS) is 17.2. The van der Waals surface area contributed by atoms with E-state index in [9.17, 15) is 13.2 Å². The number of hydrogen-bond acceptors (Lipinski definition) is 4. The highest BCUT2D eigenvalue weighted by Crippen LogP contribution is 2.25. The lowest BCUT2D eigenvalue weighted by molar-refractivity contribution is -0.126. The number of hydrogen-bond donors (Lipinski definition) is 1. The molecule has 32 heavy (non-hydrogen) atoms. The van der Waals surface area contributed by atoms with Crippen molar-refractivity contribution in [1.82, 2.24) is 19.4 Å². The molecule has 1 aliphatic heterocycles. The Kier molecular flexibility index (Phi) is 6.93. The number of amides is 1. The molecule has 7 nitrogen and oxygen atoms in total. The molecule has 3 aromatic rings. The number of nitrogens with zero attached hydrogens (tertiary/aromatic N) is 3. The third kappa shape index (κ3) is 5.20. The minimum absolute atomic E-state index is 0.114. The molecule has 0 aliphatic carbocycles. The molecule has 1 aliphatic rings. The number of carbonyl (C=O) groups excluding carboxylic acids is 1. The van der Waals surface area contributed by atoms with Crippen LogP contribution in [0, 0.1) is 5.92 Å². The number of benzene rings is 2. The molecule has 1 fully saturated rings. The molecule has 4 rings (SSSR count). The molecule has 2 heterocycles. The van der Waals surface area contributed by atoms with Gasteiger partial charge in [-0.2, -0.15) is 9.40 Å². The third-order valence-electron chi connectivity index (χ3n) is 5.58. The molecule has 1 unspecified atom stereocenters. The summed E-state index contributed by atoms with van der Waals surface area (Å²) in [7, 11) is -3.65. The van der Waals surface area contributed by atoms with Crippen molar-refractivity contribution in [2.24, 2.45) is 5.92 Å². The number of nitrogens with one attached hydrogen (secondary N) is 1. The van der Waals surface area contributed by atoms with Crippen LogP contribution in [0.5, 0.6) is 0 Å². The number of halogens is 1. The van der Waals surface area contributed by atoms with Gasteiger partial charge in [0, 0.05) is 30.9 Å². The van der Waals surface area contributed by atoms with Gasteiger partial charge in [-0.15, -0.1) is 0 Å². The fraction of sp³-hybridized carbons (Fsp3) is 0.304. The summed E-state index contributed by atoms with van der Waals surface area (Å²) >= 11 is 5.87. The van der Waals surface area contributed by atoms with Gasteiger partial charge in [0.05, 0.1) is 22.7 Å². The first-order valence-corrected chi connectivity index (χ1v) is 12.4. The number of piperidine rings is 1. The van der Waals surface area contributed by atoms with E-state index in [4.69, 9.17) is 11.6 Å². The molecule has 2 aromatic carbocycles. The summed E-state index contributed by atoms with van der Waals surface area (Å²) < 4.78 is 29.1. The second-order valence-corrected chi connectivity index (χ2v) is 10.2. The van der Waals surface area contributed by atoms with Gasteiger partial charge in [-0.1, -0.05) is 29.8 Å². The monoisotopic (exact) mass is 472 g/mol. The first-order valence-electron chi connectivity index (χ1n) is 10.6. The molecule has 0 saturated carbocycles. The quantitative estimate of drug-likeness (QED) is 0.572. The van der Waals surface area contributed by atoms with Crippen LogP contribution in [-0.2, 0) is 21.2 Å². The molecule has 1 aromatic heterocycles. The third-order valence-corrected chi connectivity index (χ3v) is 7.71. The highest BCUT2D eigenvalue weighted by molar-refractivity contribution is 7.89. The summed E-state index contributed by atoms with van der Waals surface area (Å²) in [4.78, 5) is 12.9. The Labute approximate surface area is 193 Å². The first kappa shape index (κ1) is 22.5. The topological polar surface area (TPSA) is 84.3 Å². The van der Waals surface area contributed by atoms with Gasteiger partial charge < -0.3 is 5.32 Å². The molecule has 1 atom stereocenters. The van der Waals surface area contributed by atoms with Crippen molar-refractivity contribution in [2.75, 3.05) is 19.6 Å². The summed E-state index contributed by atoms with van der Waals surface area (Å²) in [6, 6.07) is 15.9. The SMILES string of the molecule is O=C(NCCc1cnn(-c2ccccc2)c1)C1CCCN(S(=O)(=O)c2ccc(Cl)cc2)C1. The van der Waals surface area contributed by atoms with Crippen LogP contribution in [0.3, 0.4) is 0 Å². The van der Waals surface area contributed by atoms with E-state index < -0.39 is 10.0 Å². The van der Waals surface area contributed by atoms with Gasteiger partial charge >= 0.3 is 0 Å². The van der Waals surface area contributed by atoms with E-state index in [0.29, 0.717) is 37.4 Å². The molecular formula is C23H25ClN4O3S. The summed E-state index contributed by atoms with van der Waals surface area (Å²) in [5, 5.41) is 7.80. The van der Waals surface area contributed by atoms with Gasteiger partial charge in [0.25, 0.3) is 0 Å². The lowest BCUT2D eigenvalue weighted by atomic mass is 9.99. The van der Waals surface area contributed by atoms with Crippen LogP contribution in [0.1, 0.15) is 18.4 Å². The maximum Gasteiger partial charge on any atom is 0.243 e. The van der Waals surface area contributed by atoms with Gasteiger partial charge in [0.1, 0.15) is 0 Å². The molecule has 0 radical (unpaired) electrons. The van der Waals surface area contributed by atoms with Crippen LogP contribution < -0.4 is 5.32 Å². The summed E-state index contributed by atoms with van der Waals surface area (Å²) in [6.45, 7) is 1.07. The van der Waals surface area contributed by atoms with E-state index in [-0.39, 0.29) is 23.3 Å². The first-order chi connectivity index (χ1) is 15.4. The van der Waals surface area contributed by atoms with Crippen molar-refractivity contribution in [3.05, 3.63) is 77.6 Å². The van der Waals surface area contributed by atoms with Crippen molar-refractivity contribution in [3.63, 3.8) is 0 Å². The van der Waals surface area contributed by atoms with Crippen molar-refractivity contribution in [3.8, 4) is 5.69 Å². The van der Waals surface area contributed by atoms with Crippen LogP contribution in [0.2, 0.25) is 5.02 Å². The number of aromatic nitrogens is 2.